The molecule has 0 amide bonds. The number of piperidine rings is 1. The van der Waals surface area contributed by atoms with Gasteiger partial charge in [0.25, 0.3) is 0 Å². The first-order chi connectivity index (χ1) is 4.93. The topological polar surface area (TPSA) is 32.3 Å². The molecule has 1 rings (SSSR count). The van der Waals surface area contributed by atoms with E-state index in [9.17, 15) is 0 Å². The Hall–Kier alpha value is -0.0800. The molecule has 1 fully saturated rings. The minimum absolute atomic E-state index is 1.00. The van der Waals surface area contributed by atoms with E-state index in [0.717, 1.165) is 13.0 Å². The number of aliphatic hydroxyl groups excluding tert-OH is 1. The lowest BCUT2D eigenvalue weighted by molar-refractivity contribution is 0.365. The average molecular weight is 145 g/mol. The molecule has 2 N–H and O–H groups in total. The Morgan fingerprint density at radius 1 is 1.30 bits per heavy atom. The van der Waals surface area contributed by atoms with Crippen LogP contribution in [0.3, 0.4) is 0 Å². The van der Waals surface area contributed by atoms with Crippen molar-refractivity contribution < 1.29 is 5.11 Å². The minimum atomic E-state index is 1.00. The van der Waals surface area contributed by atoms with E-state index < -0.39 is 0 Å². The third kappa shape index (κ3) is 3.85. The van der Waals surface area contributed by atoms with Gasteiger partial charge in [0, 0.05) is 7.11 Å². The smallest absolute Gasteiger partial charge is 0.0319 e. The van der Waals surface area contributed by atoms with Gasteiger partial charge in [-0.1, -0.05) is 13.3 Å². The second kappa shape index (κ2) is 7.03. The number of nitrogens with one attached hydrogen (secondary N) is 1. The summed E-state index contributed by atoms with van der Waals surface area (Å²) in [5, 5.41) is 10.3. The summed E-state index contributed by atoms with van der Waals surface area (Å²) in [6.07, 6.45) is 4.18. The summed E-state index contributed by atoms with van der Waals surface area (Å²) in [6, 6.07) is 0. The van der Waals surface area contributed by atoms with Crippen LogP contribution in [0.15, 0.2) is 0 Å². The molecule has 0 spiro atoms. The molecule has 0 aromatic heterocycles. The van der Waals surface area contributed by atoms with Gasteiger partial charge in [0.2, 0.25) is 0 Å². The lowest BCUT2D eigenvalue weighted by Gasteiger charge is -2.20. The van der Waals surface area contributed by atoms with Crippen molar-refractivity contribution in [1.82, 2.24) is 5.32 Å². The maximum atomic E-state index is 7.00. The van der Waals surface area contributed by atoms with Crippen LogP contribution in [0.2, 0.25) is 0 Å². The van der Waals surface area contributed by atoms with Gasteiger partial charge in [-0.05, 0) is 31.8 Å². The van der Waals surface area contributed by atoms with Gasteiger partial charge in [0.1, 0.15) is 0 Å². The molecule has 10 heavy (non-hydrogen) atoms. The lowest BCUT2D eigenvalue weighted by Crippen LogP contribution is -2.27. The van der Waals surface area contributed by atoms with E-state index in [0.29, 0.717) is 0 Å². The molecule has 1 saturated heterocycles. The molecule has 0 bridgehead atoms. The lowest BCUT2D eigenvalue weighted by atomic mass is 9.96. The highest BCUT2D eigenvalue weighted by molar-refractivity contribution is 4.66. The van der Waals surface area contributed by atoms with Crippen molar-refractivity contribution in [3.63, 3.8) is 0 Å². The highest BCUT2D eigenvalue weighted by Gasteiger charge is 2.08. The predicted octanol–water partition coefficient (Wildman–Crippen LogP) is 1.00. The predicted molar refractivity (Wildman–Crippen MR) is 44.0 cm³/mol. The largest absolute Gasteiger partial charge is 0.400 e. The summed E-state index contributed by atoms with van der Waals surface area (Å²) in [4.78, 5) is 0. The fourth-order valence-corrected chi connectivity index (χ4v) is 1.29. The van der Waals surface area contributed by atoms with E-state index in [1.165, 1.54) is 32.4 Å². The van der Waals surface area contributed by atoms with Crippen molar-refractivity contribution in [2.45, 2.75) is 26.2 Å². The van der Waals surface area contributed by atoms with Crippen molar-refractivity contribution in [2.24, 2.45) is 5.92 Å². The Bertz CT molecular complexity index is 60.3. The van der Waals surface area contributed by atoms with E-state index in [-0.39, 0.29) is 0 Å². The van der Waals surface area contributed by atoms with Crippen molar-refractivity contribution in [1.29, 1.82) is 0 Å². The van der Waals surface area contributed by atoms with Gasteiger partial charge in [-0.3, -0.25) is 0 Å². The summed E-state index contributed by atoms with van der Waals surface area (Å²) in [5.41, 5.74) is 0. The van der Waals surface area contributed by atoms with Gasteiger partial charge >= 0.3 is 0 Å². The molecule has 1 aliphatic heterocycles. The van der Waals surface area contributed by atoms with Crippen molar-refractivity contribution >= 4 is 0 Å². The van der Waals surface area contributed by atoms with Gasteiger partial charge in [0.05, 0.1) is 0 Å². The van der Waals surface area contributed by atoms with Crippen LogP contribution < -0.4 is 5.32 Å². The van der Waals surface area contributed by atoms with E-state index >= 15 is 0 Å². The number of aliphatic hydroxyl groups is 1. The van der Waals surface area contributed by atoms with E-state index in [1.807, 2.05) is 0 Å². The first kappa shape index (κ1) is 9.92. The van der Waals surface area contributed by atoms with Gasteiger partial charge in [0.15, 0.2) is 0 Å². The normalized spacial score (nSPS) is 19.5. The molecule has 1 heterocycles. The Kier molecular flexibility index (Phi) is 6.98. The molecule has 2 nitrogen and oxygen atoms in total. The molecule has 0 unspecified atom stereocenters. The molecular weight excluding hydrogens is 126 g/mol. The quantitative estimate of drug-likeness (QED) is 0.577. The Labute approximate surface area is 63.6 Å². The standard InChI is InChI=1S/C7H15N.CH4O/c1-2-7-3-5-8-6-4-7;1-2/h7-8H,2-6H2,1H3;2H,1H3. The van der Waals surface area contributed by atoms with E-state index in [2.05, 4.69) is 12.2 Å². The second-order valence-electron chi connectivity index (χ2n) is 2.60. The highest BCUT2D eigenvalue weighted by Crippen LogP contribution is 2.13. The third-order valence-electron chi connectivity index (χ3n) is 2.04. The zero-order valence-corrected chi connectivity index (χ0v) is 7.06. The number of hydrogen-bond acceptors (Lipinski definition) is 2. The number of hydrogen-bond donors (Lipinski definition) is 2. The van der Waals surface area contributed by atoms with Crippen molar-refractivity contribution in [3.8, 4) is 0 Å². The second-order valence-corrected chi connectivity index (χ2v) is 2.60. The Morgan fingerprint density at radius 2 is 1.80 bits per heavy atom. The summed E-state index contributed by atoms with van der Waals surface area (Å²) >= 11 is 0. The molecule has 62 valence electrons. The zero-order valence-electron chi connectivity index (χ0n) is 7.06. The van der Waals surface area contributed by atoms with Crippen LogP contribution in [0.1, 0.15) is 26.2 Å². The van der Waals surface area contributed by atoms with Crippen LogP contribution in [0, 0.1) is 5.92 Å². The first-order valence-electron chi connectivity index (χ1n) is 4.09. The minimum Gasteiger partial charge on any atom is -0.400 e. The zero-order chi connectivity index (χ0) is 7.82. The molecule has 2 heteroatoms. The van der Waals surface area contributed by atoms with E-state index in [4.69, 9.17) is 5.11 Å². The molecule has 1 aliphatic rings. The van der Waals surface area contributed by atoms with Gasteiger partial charge in [-0.2, -0.15) is 0 Å². The monoisotopic (exact) mass is 145 g/mol. The molecule has 0 radical (unpaired) electrons. The van der Waals surface area contributed by atoms with Crippen LogP contribution >= 0.6 is 0 Å². The van der Waals surface area contributed by atoms with Gasteiger partial charge < -0.3 is 10.4 Å². The van der Waals surface area contributed by atoms with Crippen molar-refractivity contribution in [2.75, 3.05) is 20.2 Å². The first-order valence-corrected chi connectivity index (χ1v) is 4.09. The average Bonchev–Trinajstić information content (AvgIpc) is 2.10. The Morgan fingerprint density at radius 3 is 2.10 bits per heavy atom. The van der Waals surface area contributed by atoms with E-state index in [1.54, 1.807) is 0 Å². The SMILES string of the molecule is CCC1CCNCC1.CO. The Balaban J connectivity index is 0.000000371. The van der Waals surface area contributed by atoms with Crippen LogP contribution in [0.5, 0.6) is 0 Å². The van der Waals surface area contributed by atoms with Crippen LogP contribution in [-0.2, 0) is 0 Å². The maximum absolute atomic E-state index is 7.00. The molecule has 0 aromatic carbocycles. The number of rotatable bonds is 1. The highest BCUT2D eigenvalue weighted by atomic mass is 16.2. The third-order valence-corrected chi connectivity index (χ3v) is 2.04. The van der Waals surface area contributed by atoms with Gasteiger partial charge in [-0.15, -0.1) is 0 Å². The maximum Gasteiger partial charge on any atom is 0.0319 e. The van der Waals surface area contributed by atoms with Crippen LogP contribution in [-0.4, -0.2) is 25.3 Å². The molecule has 0 atom stereocenters. The summed E-state index contributed by atoms with van der Waals surface area (Å²) < 4.78 is 0. The summed E-state index contributed by atoms with van der Waals surface area (Å²) in [5.74, 6) is 1.02. The van der Waals surface area contributed by atoms with Crippen LogP contribution in [0.25, 0.3) is 0 Å². The molecule has 0 aliphatic carbocycles. The fraction of sp³-hybridized carbons (Fsp3) is 1.00. The molecular formula is C8H19NO. The molecule has 0 aromatic rings. The molecule has 0 saturated carbocycles. The fourth-order valence-electron chi connectivity index (χ4n) is 1.29. The van der Waals surface area contributed by atoms with Crippen molar-refractivity contribution in [3.05, 3.63) is 0 Å². The summed E-state index contributed by atoms with van der Waals surface area (Å²) in [7, 11) is 1.00. The summed E-state index contributed by atoms with van der Waals surface area (Å²) in [6.45, 7) is 4.78. The van der Waals surface area contributed by atoms with Crippen LogP contribution in [0.4, 0.5) is 0 Å². The van der Waals surface area contributed by atoms with Gasteiger partial charge in [-0.25, -0.2) is 0 Å².